The molecule has 0 aliphatic rings. The van der Waals surface area contributed by atoms with Crippen LogP contribution in [-0.2, 0) is 6.42 Å². The molecule has 0 amide bonds. The van der Waals surface area contributed by atoms with Crippen LogP contribution in [0.1, 0.15) is 5.56 Å². The molecule has 0 saturated carbocycles. The van der Waals surface area contributed by atoms with Crippen molar-refractivity contribution < 1.29 is 0 Å². The molecule has 2 aromatic rings. The van der Waals surface area contributed by atoms with Gasteiger partial charge in [0.15, 0.2) is 5.13 Å². The van der Waals surface area contributed by atoms with Crippen LogP contribution < -0.4 is 5.32 Å². The quantitative estimate of drug-likeness (QED) is 0.837. The number of rotatable bonds is 4. The monoisotopic (exact) mass is 209 g/mol. The number of nitrogens with one attached hydrogen (secondary N) is 1. The van der Waals surface area contributed by atoms with Crippen LogP contribution in [0.2, 0.25) is 0 Å². The molecule has 1 radical (unpaired) electrons. The molecule has 0 atom stereocenters. The summed E-state index contributed by atoms with van der Waals surface area (Å²) in [6.07, 6.45) is 2.83. The van der Waals surface area contributed by atoms with Crippen molar-refractivity contribution >= 4 is 27.8 Å². The van der Waals surface area contributed by atoms with Crippen molar-refractivity contribution in [2.24, 2.45) is 0 Å². The maximum Gasteiger partial charge on any atom is 0.182 e. The topological polar surface area (TPSA) is 24.9 Å². The summed E-state index contributed by atoms with van der Waals surface area (Å²) in [7, 11) is 0. The molecule has 0 spiro atoms. The van der Waals surface area contributed by atoms with Gasteiger partial charge in [0.1, 0.15) is 0 Å². The van der Waals surface area contributed by atoms with Crippen LogP contribution in [-0.4, -0.2) is 11.5 Å². The van der Waals surface area contributed by atoms with Gasteiger partial charge in [-0.15, -0.1) is 22.7 Å². The Morgan fingerprint density at radius 3 is 3.15 bits per heavy atom. The first kappa shape index (κ1) is 8.72. The number of aromatic nitrogens is 1. The fourth-order valence-electron chi connectivity index (χ4n) is 1.01. The van der Waals surface area contributed by atoms with Gasteiger partial charge in [-0.05, 0) is 23.4 Å². The van der Waals surface area contributed by atoms with Crippen molar-refractivity contribution in [1.29, 1.82) is 0 Å². The number of anilines is 1. The van der Waals surface area contributed by atoms with Crippen molar-refractivity contribution in [3.8, 4) is 0 Å². The van der Waals surface area contributed by atoms with Crippen LogP contribution in [0.5, 0.6) is 0 Å². The molecule has 2 nitrogen and oxygen atoms in total. The van der Waals surface area contributed by atoms with Crippen LogP contribution in [0.4, 0.5) is 5.13 Å². The third-order valence-corrected chi connectivity index (χ3v) is 3.01. The highest BCUT2D eigenvalue weighted by atomic mass is 32.1. The van der Waals surface area contributed by atoms with E-state index in [1.54, 1.807) is 22.7 Å². The second-order valence-corrected chi connectivity index (χ2v) is 4.17. The normalized spacial score (nSPS) is 10.2. The zero-order valence-corrected chi connectivity index (χ0v) is 8.62. The molecule has 0 aromatic carbocycles. The van der Waals surface area contributed by atoms with Gasteiger partial charge in [0.05, 0.1) is 0 Å². The Kier molecular flexibility index (Phi) is 2.94. The molecule has 2 rings (SSSR count). The van der Waals surface area contributed by atoms with E-state index in [1.807, 2.05) is 11.6 Å². The van der Waals surface area contributed by atoms with Gasteiger partial charge < -0.3 is 5.32 Å². The third-order valence-electron chi connectivity index (χ3n) is 1.63. The highest BCUT2D eigenvalue weighted by Crippen LogP contribution is 2.11. The van der Waals surface area contributed by atoms with E-state index in [0.717, 1.165) is 18.1 Å². The first-order chi connectivity index (χ1) is 6.45. The molecule has 0 bridgehead atoms. The predicted octanol–water partition coefficient (Wildman–Crippen LogP) is 2.66. The van der Waals surface area contributed by atoms with Crippen LogP contribution >= 0.6 is 22.7 Å². The number of hydrogen-bond acceptors (Lipinski definition) is 4. The van der Waals surface area contributed by atoms with Gasteiger partial charge in [0.2, 0.25) is 0 Å². The largest absolute Gasteiger partial charge is 0.361 e. The summed E-state index contributed by atoms with van der Waals surface area (Å²) in [4.78, 5) is 4.13. The molecule has 2 aromatic heterocycles. The van der Waals surface area contributed by atoms with Gasteiger partial charge in [-0.3, -0.25) is 0 Å². The summed E-state index contributed by atoms with van der Waals surface area (Å²) in [6.45, 7) is 0.931. The number of hydrogen-bond donors (Lipinski definition) is 1. The van der Waals surface area contributed by atoms with Gasteiger partial charge in [-0.2, -0.15) is 0 Å². The van der Waals surface area contributed by atoms with E-state index in [2.05, 4.69) is 27.1 Å². The van der Waals surface area contributed by atoms with Crippen molar-refractivity contribution in [3.05, 3.63) is 34.0 Å². The Morgan fingerprint density at radius 1 is 1.46 bits per heavy atom. The van der Waals surface area contributed by atoms with E-state index in [9.17, 15) is 0 Å². The zero-order valence-electron chi connectivity index (χ0n) is 6.99. The Hall–Kier alpha value is -0.870. The van der Waals surface area contributed by atoms with Gasteiger partial charge >= 0.3 is 0 Å². The maximum absolute atomic E-state index is 4.13. The average molecular weight is 209 g/mol. The van der Waals surface area contributed by atoms with E-state index < -0.39 is 0 Å². The molecule has 13 heavy (non-hydrogen) atoms. The molecule has 4 heteroatoms. The molecule has 0 aliphatic carbocycles. The Labute approximate surface area is 85.3 Å². The second kappa shape index (κ2) is 4.39. The standard InChI is InChI=1S/C9H9N2S2/c1(8-2-5-12-7-8)3-10-9-11-4-6-13-9/h2,4-6H,1,3H2,(H,10,11). The van der Waals surface area contributed by atoms with E-state index in [-0.39, 0.29) is 0 Å². The summed E-state index contributed by atoms with van der Waals surface area (Å²) in [5.74, 6) is 0. The van der Waals surface area contributed by atoms with Crippen LogP contribution in [0.3, 0.4) is 0 Å². The zero-order chi connectivity index (χ0) is 8.93. The lowest BCUT2D eigenvalue weighted by Crippen LogP contribution is -2.03. The molecule has 0 saturated heterocycles. The minimum Gasteiger partial charge on any atom is -0.361 e. The van der Waals surface area contributed by atoms with Gasteiger partial charge in [-0.1, -0.05) is 0 Å². The second-order valence-electron chi connectivity index (χ2n) is 2.56. The van der Waals surface area contributed by atoms with Crippen LogP contribution in [0.25, 0.3) is 0 Å². The van der Waals surface area contributed by atoms with Crippen LogP contribution in [0.15, 0.2) is 23.0 Å². The molecule has 0 unspecified atom stereocenters. The number of thiophene rings is 1. The summed E-state index contributed by atoms with van der Waals surface area (Å²) in [5, 5.41) is 11.5. The Morgan fingerprint density at radius 2 is 2.46 bits per heavy atom. The van der Waals surface area contributed by atoms with Gasteiger partial charge in [0, 0.05) is 23.5 Å². The minimum atomic E-state index is 0.931. The number of nitrogens with zero attached hydrogens (tertiary/aromatic N) is 1. The summed E-state index contributed by atoms with van der Waals surface area (Å²) in [6, 6.07) is 2.11. The first-order valence-corrected chi connectivity index (χ1v) is 5.78. The van der Waals surface area contributed by atoms with Crippen molar-refractivity contribution in [2.75, 3.05) is 11.9 Å². The fourth-order valence-corrected chi connectivity index (χ4v) is 2.19. The fraction of sp³-hybridized carbons (Fsp3) is 0.222. The summed E-state index contributed by atoms with van der Waals surface area (Å²) in [5.41, 5.74) is 1.27. The molecule has 0 fully saturated rings. The van der Waals surface area contributed by atoms with E-state index >= 15 is 0 Å². The highest BCUT2D eigenvalue weighted by molar-refractivity contribution is 7.13. The van der Waals surface area contributed by atoms with Crippen LogP contribution in [0, 0.1) is 5.38 Å². The average Bonchev–Trinajstić information content (AvgIpc) is 2.75. The third kappa shape index (κ3) is 2.54. The lowest BCUT2D eigenvalue weighted by molar-refractivity contribution is 1.02. The Bertz CT molecular complexity index is 292. The maximum atomic E-state index is 4.13. The SMILES string of the molecule is [c]1sccc1CCNc1nccs1. The molecular weight excluding hydrogens is 200 g/mol. The highest BCUT2D eigenvalue weighted by Gasteiger charge is 1.95. The summed E-state index contributed by atoms with van der Waals surface area (Å²) >= 11 is 3.25. The smallest absolute Gasteiger partial charge is 0.182 e. The lowest BCUT2D eigenvalue weighted by atomic mass is 10.2. The van der Waals surface area contributed by atoms with E-state index in [1.165, 1.54) is 5.56 Å². The molecule has 67 valence electrons. The van der Waals surface area contributed by atoms with Crippen molar-refractivity contribution in [3.63, 3.8) is 0 Å². The van der Waals surface area contributed by atoms with E-state index in [0.29, 0.717) is 0 Å². The molecule has 2 heterocycles. The van der Waals surface area contributed by atoms with Gasteiger partial charge in [-0.25, -0.2) is 4.98 Å². The first-order valence-electron chi connectivity index (χ1n) is 4.02. The Balaban J connectivity index is 1.76. The predicted molar refractivity (Wildman–Crippen MR) is 57.5 cm³/mol. The molecule has 0 aliphatic heterocycles. The molecular formula is C9H9N2S2. The van der Waals surface area contributed by atoms with E-state index in [4.69, 9.17) is 0 Å². The van der Waals surface area contributed by atoms with Gasteiger partial charge in [0.25, 0.3) is 0 Å². The van der Waals surface area contributed by atoms with Crippen molar-refractivity contribution in [1.82, 2.24) is 4.98 Å². The van der Waals surface area contributed by atoms with Crippen molar-refractivity contribution in [2.45, 2.75) is 6.42 Å². The minimum absolute atomic E-state index is 0.931. The summed E-state index contributed by atoms with van der Waals surface area (Å²) < 4.78 is 0. The number of thiazole rings is 1. The molecule has 1 N–H and O–H groups in total. The lowest BCUT2D eigenvalue weighted by Gasteiger charge is -1.99.